The van der Waals surface area contributed by atoms with Crippen molar-refractivity contribution < 1.29 is 14.3 Å². The highest BCUT2D eigenvalue weighted by Crippen LogP contribution is 2.16. The van der Waals surface area contributed by atoms with Crippen LogP contribution < -0.4 is 15.4 Å². The van der Waals surface area contributed by atoms with E-state index in [1.807, 2.05) is 19.1 Å². The van der Waals surface area contributed by atoms with Gasteiger partial charge in [-0.2, -0.15) is 0 Å². The minimum absolute atomic E-state index is 0. The topological polar surface area (TPSA) is 72.0 Å². The second-order valence-corrected chi connectivity index (χ2v) is 5.02. The van der Waals surface area contributed by atoms with Crippen molar-refractivity contribution >= 4 is 47.5 Å². The number of guanidine groups is 1. The van der Waals surface area contributed by atoms with Gasteiger partial charge in [0.1, 0.15) is 11.9 Å². The monoisotopic (exact) mass is 455 g/mol. The van der Waals surface area contributed by atoms with Crippen molar-refractivity contribution in [1.82, 2.24) is 10.6 Å². The van der Waals surface area contributed by atoms with Gasteiger partial charge in [-0.05, 0) is 31.2 Å². The van der Waals surface area contributed by atoms with E-state index < -0.39 is 0 Å². The largest absolute Gasteiger partial charge is 0.489 e. The van der Waals surface area contributed by atoms with Crippen LogP contribution in [0.15, 0.2) is 29.3 Å². The van der Waals surface area contributed by atoms with Gasteiger partial charge in [0, 0.05) is 18.6 Å². The quantitative estimate of drug-likeness (QED) is 0.286. The molecule has 0 fully saturated rings. The van der Waals surface area contributed by atoms with Gasteiger partial charge in [-0.3, -0.25) is 9.79 Å². The SMILES string of the molecule is CN=C(NCCC(=O)OC)NCC(C)Oc1ccc(Cl)cc1.I. The number of rotatable bonds is 7. The van der Waals surface area contributed by atoms with Gasteiger partial charge in [-0.15, -0.1) is 24.0 Å². The first-order valence-electron chi connectivity index (χ1n) is 6.98. The number of hydrogen-bond acceptors (Lipinski definition) is 4. The summed E-state index contributed by atoms with van der Waals surface area (Å²) in [5.41, 5.74) is 0. The van der Waals surface area contributed by atoms with Crippen LogP contribution in [-0.2, 0) is 9.53 Å². The summed E-state index contributed by atoms with van der Waals surface area (Å²) >= 11 is 5.83. The fourth-order valence-corrected chi connectivity index (χ4v) is 1.76. The Kier molecular flexibility index (Phi) is 11.6. The van der Waals surface area contributed by atoms with E-state index in [9.17, 15) is 4.79 Å². The molecule has 0 aliphatic heterocycles. The molecule has 2 N–H and O–H groups in total. The summed E-state index contributed by atoms with van der Waals surface area (Å²) < 4.78 is 10.3. The van der Waals surface area contributed by atoms with Crippen molar-refractivity contribution in [3.05, 3.63) is 29.3 Å². The van der Waals surface area contributed by atoms with Gasteiger partial charge < -0.3 is 20.1 Å². The third-order valence-corrected chi connectivity index (χ3v) is 3.03. The molecular formula is C15H23ClIN3O3. The van der Waals surface area contributed by atoms with Crippen molar-refractivity contribution in [2.45, 2.75) is 19.4 Å². The molecule has 6 nitrogen and oxygen atoms in total. The Morgan fingerprint density at radius 2 is 1.96 bits per heavy atom. The number of halogens is 2. The molecule has 1 aromatic rings. The zero-order valence-corrected chi connectivity index (χ0v) is 16.6. The minimum Gasteiger partial charge on any atom is -0.489 e. The van der Waals surface area contributed by atoms with Gasteiger partial charge in [0.15, 0.2) is 5.96 Å². The molecule has 1 rings (SSSR count). The lowest BCUT2D eigenvalue weighted by Gasteiger charge is -2.17. The van der Waals surface area contributed by atoms with Gasteiger partial charge >= 0.3 is 5.97 Å². The molecule has 1 aromatic carbocycles. The maximum atomic E-state index is 11.0. The second-order valence-electron chi connectivity index (χ2n) is 4.59. The maximum Gasteiger partial charge on any atom is 0.307 e. The number of benzene rings is 1. The highest BCUT2D eigenvalue weighted by molar-refractivity contribution is 14.0. The Morgan fingerprint density at radius 3 is 2.52 bits per heavy atom. The minimum atomic E-state index is -0.262. The number of esters is 1. The molecule has 0 amide bonds. The van der Waals surface area contributed by atoms with Crippen LogP contribution >= 0.6 is 35.6 Å². The molecule has 8 heteroatoms. The standard InChI is InChI=1S/C15H22ClN3O3.HI/c1-11(22-13-6-4-12(16)5-7-13)10-19-15(17-2)18-9-8-14(20)21-3;/h4-7,11H,8-10H2,1-3H3,(H2,17,18,19);1H. The summed E-state index contributed by atoms with van der Waals surface area (Å²) in [6.07, 6.45) is 0.230. The third-order valence-electron chi connectivity index (χ3n) is 2.78. The van der Waals surface area contributed by atoms with Crippen molar-refractivity contribution in [3.8, 4) is 5.75 Å². The van der Waals surface area contributed by atoms with Crippen LogP contribution in [0, 0.1) is 0 Å². The van der Waals surface area contributed by atoms with Crippen molar-refractivity contribution in [2.24, 2.45) is 4.99 Å². The molecule has 130 valence electrons. The molecule has 0 radical (unpaired) electrons. The van der Waals surface area contributed by atoms with Gasteiger partial charge in [0.2, 0.25) is 0 Å². The zero-order valence-electron chi connectivity index (χ0n) is 13.5. The van der Waals surface area contributed by atoms with E-state index in [0.717, 1.165) is 5.75 Å². The number of nitrogens with one attached hydrogen (secondary N) is 2. The van der Waals surface area contributed by atoms with Crippen LogP contribution in [0.25, 0.3) is 0 Å². The lowest BCUT2D eigenvalue weighted by Crippen LogP contribution is -2.42. The van der Waals surface area contributed by atoms with E-state index in [-0.39, 0.29) is 42.5 Å². The van der Waals surface area contributed by atoms with Crippen molar-refractivity contribution in [2.75, 3.05) is 27.2 Å². The van der Waals surface area contributed by atoms with Crippen LogP contribution in [0.3, 0.4) is 0 Å². The first-order valence-corrected chi connectivity index (χ1v) is 7.36. The first-order chi connectivity index (χ1) is 10.5. The molecular weight excluding hydrogens is 433 g/mol. The van der Waals surface area contributed by atoms with Crippen LogP contribution in [0.4, 0.5) is 0 Å². The number of methoxy groups -OCH3 is 1. The normalized spacial score (nSPS) is 11.9. The summed E-state index contributed by atoms with van der Waals surface area (Å²) in [4.78, 5) is 15.1. The maximum absolute atomic E-state index is 11.0. The average molecular weight is 456 g/mol. The van der Waals surface area contributed by atoms with Gasteiger partial charge in [-0.1, -0.05) is 11.6 Å². The van der Waals surface area contributed by atoms with E-state index in [1.54, 1.807) is 19.2 Å². The molecule has 23 heavy (non-hydrogen) atoms. The molecule has 1 atom stereocenters. The second kappa shape index (κ2) is 12.2. The molecule has 0 aliphatic rings. The summed E-state index contributed by atoms with van der Waals surface area (Å²) in [7, 11) is 3.03. The Labute approximate surface area is 159 Å². The Hall–Kier alpha value is -1.22. The predicted molar refractivity (Wildman–Crippen MR) is 103 cm³/mol. The molecule has 0 aromatic heterocycles. The van der Waals surface area contributed by atoms with Crippen LogP contribution in [0.5, 0.6) is 5.75 Å². The Balaban J connectivity index is 0.00000484. The van der Waals surface area contributed by atoms with E-state index in [4.69, 9.17) is 16.3 Å². The Bertz CT molecular complexity index is 497. The third kappa shape index (κ3) is 9.50. The molecule has 1 unspecified atom stereocenters. The molecule has 0 heterocycles. The van der Waals surface area contributed by atoms with E-state index in [1.165, 1.54) is 7.11 Å². The lowest BCUT2D eigenvalue weighted by atomic mass is 10.3. The summed E-state index contributed by atoms with van der Waals surface area (Å²) in [5, 5.41) is 6.83. The highest BCUT2D eigenvalue weighted by Gasteiger charge is 2.06. The fourth-order valence-electron chi connectivity index (χ4n) is 1.63. The number of carbonyl (C=O) groups excluding carboxylic acids is 1. The fraction of sp³-hybridized carbons (Fsp3) is 0.467. The van der Waals surface area contributed by atoms with Gasteiger partial charge in [0.05, 0.1) is 20.1 Å². The number of hydrogen-bond donors (Lipinski definition) is 2. The summed E-state index contributed by atoms with van der Waals surface area (Å²) in [6, 6.07) is 7.21. The van der Waals surface area contributed by atoms with Crippen molar-refractivity contribution in [3.63, 3.8) is 0 Å². The molecule has 0 bridgehead atoms. The molecule has 0 saturated carbocycles. The van der Waals surface area contributed by atoms with Gasteiger partial charge in [0.25, 0.3) is 0 Å². The van der Waals surface area contributed by atoms with Crippen LogP contribution in [0.2, 0.25) is 5.02 Å². The number of ether oxygens (including phenoxy) is 2. The van der Waals surface area contributed by atoms with Crippen LogP contribution in [0.1, 0.15) is 13.3 Å². The summed E-state index contributed by atoms with van der Waals surface area (Å²) in [6.45, 7) is 2.97. The molecule has 0 aliphatic carbocycles. The average Bonchev–Trinajstić information content (AvgIpc) is 2.52. The number of carbonyl (C=O) groups is 1. The number of aliphatic imine (C=N–C) groups is 1. The van der Waals surface area contributed by atoms with Crippen molar-refractivity contribution in [1.29, 1.82) is 0 Å². The van der Waals surface area contributed by atoms with Crippen LogP contribution in [-0.4, -0.2) is 45.3 Å². The van der Waals surface area contributed by atoms with E-state index >= 15 is 0 Å². The summed E-state index contributed by atoms with van der Waals surface area (Å²) in [5.74, 6) is 1.10. The van der Waals surface area contributed by atoms with E-state index in [0.29, 0.717) is 24.1 Å². The van der Waals surface area contributed by atoms with Gasteiger partial charge in [-0.25, -0.2) is 0 Å². The molecule has 0 saturated heterocycles. The first kappa shape index (κ1) is 21.8. The Morgan fingerprint density at radius 1 is 1.30 bits per heavy atom. The highest BCUT2D eigenvalue weighted by atomic mass is 127. The zero-order chi connectivity index (χ0) is 16.4. The number of nitrogens with zero attached hydrogens (tertiary/aromatic N) is 1. The lowest BCUT2D eigenvalue weighted by molar-refractivity contribution is -0.140. The van der Waals surface area contributed by atoms with E-state index in [2.05, 4.69) is 20.4 Å². The smallest absolute Gasteiger partial charge is 0.307 e. The molecule has 0 spiro atoms. The predicted octanol–water partition coefficient (Wildman–Crippen LogP) is 2.45.